The minimum atomic E-state index is -2.67. The number of aliphatic imine (C=N–C) groups is 2. The Kier molecular flexibility index (Phi) is 5.02. The Hall–Kier alpha value is -2.18. The van der Waals surface area contributed by atoms with Crippen molar-refractivity contribution >= 4 is 27.8 Å². The number of rotatable bonds is 6. The van der Waals surface area contributed by atoms with Gasteiger partial charge in [0.15, 0.2) is 0 Å². The standard InChI is InChI=1S/C18H25N7OS/c1-25(18-16-7-8-20-17(16)21-12-22-18)15-4-2-13(3-5-15)10-27(19,26)11-14-6-9-23-24-14/h7-8,12-13,15-16,18-19,24H,2-5,10-11H2,1H3,(H,20,21,22)/t13?,15?,16-,18?,27?/m0/s1. The molecule has 3 heterocycles. The number of nitrogens with one attached hydrogen (secondary N) is 3. The average molecular weight is 388 g/mol. The van der Waals surface area contributed by atoms with Gasteiger partial charge in [-0.05, 0) is 50.6 Å². The fourth-order valence-corrected chi connectivity index (χ4v) is 6.11. The Balaban J connectivity index is 1.30. The predicted molar refractivity (Wildman–Crippen MR) is 107 cm³/mol. The minimum Gasteiger partial charge on any atom is -0.350 e. The zero-order valence-electron chi connectivity index (χ0n) is 15.4. The van der Waals surface area contributed by atoms with E-state index in [1.165, 1.54) is 0 Å². The summed E-state index contributed by atoms with van der Waals surface area (Å²) in [4.78, 5) is 11.3. The van der Waals surface area contributed by atoms with Crippen LogP contribution < -0.4 is 10.7 Å². The Morgan fingerprint density at radius 3 is 2.93 bits per heavy atom. The molecule has 1 fully saturated rings. The van der Waals surface area contributed by atoms with Gasteiger partial charge in [-0.25, -0.2) is 9.20 Å². The number of hydrogen-bond donors (Lipinski definition) is 3. The maximum Gasteiger partial charge on any atom is 0.118 e. The van der Waals surface area contributed by atoms with E-state index >= 15 is 0 Å². The molecule has 0 spiro atoms. The van der Waals surface area contributed by atoms with Crippen LogP contribution in [0.4, 0.5) is 0 Å². The summed E-state index contributed by atoms with van der Waals surface area (Å²) in [6.45, 7) is 0. The first-order valence-corrected chi connectivity index (χ1v) is 11.2. The molecule has 0 aromatic rings. The molecule has 0 aromatic heterocycles. The second-order valence-electron chi connectivity index (χ2n) is 7.62. The van der Waals surface area contributed by atoms with Crippen molar-refractivity contribution in [3.63, 3.8) is 0 Å². The second-order valence-corrected chi connectivity index (χ2v) is 9.87. The molecule has 0 saturated heterocycles. The Morgan fingerprint density at radius 2 is 2.19 bits per heavy atom. The van der Waals surface area contributed by atoms with E-state index in [0.29, 0.717) is 23.4 Å². The van der Waals surface area contributed by atoms with Crippen molar-refractivity contribution in [3.05, 3.63) is 23.7 Å². The highest BCUT2D eigenvalue weighted by Gasteiger charge is 2.36. The SMILES string of the molecule is CN(C1CCC(CS(=N)(=O)CC2=C=C=NN2)CC1)C1N=CN=C2NC=C[C@@H]21. The molecule has 144 valence electrons. The lowest BCUT2D eigenvalue weighted by atomic mass is 9.86. The minimum absolute atomic E-state index is 0.0814. The molecule has 8 nitrogen and oxygen atoms in total. The van der Waals surface area contributed by atoms with Gasteiger partial charge in [0, 0.05) is 11.8 Å². The summed E-state index contributed by atoms with van der Waals surface area (Å²) < 4.78 is 20.8. The Morgan fingerprint density at radius 1 is 1.37 bits per heavy atom. The molecule has 4 rings (SSSR count). The molecular weight excluding hydrogens is 362 g/mol. The van der Waals surface area contributed by atoms with Gasteiger partial charge in [0.2, 0.25) is 0 Å². The maximum absolute atomic E-state index is 12.6. The topological polar surface area (TPSA) is 105 Å². The van der Waals surface area contributed by atoms with E-state index < -0.39 is 9.73 Å². The van der Waals surface area contributed by atoms with Crippen LogP contribution in [0.15, 0.2) is 38.8 Å². The first-order valence-electron chi connectivity index (χ1n) is 9.33. The third-order valence-electron chi connectivity index (χ3n) is 5.73. The van der Waals surface area contributed by atoms with Crippen LogP contribution in [0.2, 0.25) is 0 Å². The van der Waals surface area contributed by atoms with Crippen LogP contribution in [-0.4, -0.2) is 57.9 Å². The summed E-state index contributed by atoms with van der Waals surface area (Å²) in [6, 6.07) is 0.453. The zero-order valence-corrected chi connectivity index (χ0v) is 16.2. The summed E-state index contributed by atoms with van der Waals surface area (Å²) in [5.41, 5.74) is 6.09. The summed E-state index contributed by atoms with van der Waals surface area (Å²) in [6.07, 6.45) is 9.89. The van der Waals surface area contributed by atoms with E-state index in [4.69, 9.17) is 4.78 Å². The number of hydrogen-bond acceptors (Lipinski definition) is 8. The van der Waals surface area contributed by atoms with Crippen molar-refractivity contribution in [1.82, 2.24) is 15.6 Å². The monoisotopic (exact) mass is 387 g/mol. The highest BCUT2D eigenvalue weighted by atomic mass is 32.2. The number of hydrazone groups is 1. The van der Waals surface area contributed by atoms with E-state index in [1.807, 2.05) is 6.20 Å². The third kappa shape index (κ3) is 4.06. The molecular formula is C18H25N7OS. The molecule has 0 aromatic carbocycles. The van der Waals surface area contributed by atoms with Crippen LogP contribution in [0.1, 0.15) is 25.7 Å². The third-order valence-corrected chi connectivity index (χ3v) is 7.50. The smallest absolute Gasteiger partial charge is 0.118 e. The number of nitrogens with zero attached hydrogens (tertiary/aromatic N) is 4. The van der Waals surface area contributed by atoms with Crippen LogP contribution in [0.3, 0.4) is 0 Å². The first kappa shape index (κ1) is 18.2. The van der Waals surface area contributed by atoms with E-state index in [-0.39, 0.29) is 17.8 Å². The second kappa shape index (κ2) is 7.44. The molecule has 27 heavy (non-hydrogen) atoms. The Labute approximate surface area is 159 Å². The molecule has 2 unspecified atom stereocenters. The first-order chi connectivity index (χ1) is 13.0. The normalized spacial score (nSPS) is 33.3. The van der Waals surface area contributed by atoms with Gasteiger partial charge in [0.05, 0.1) is 33.0 Å². The van der Waals surface area contributed by atoms with Gasteiger partial charge in [-0.15, -0.1) is 5.10 Å². The van der Waals surface area contributed by atoms with Crippen LogP contribution in [0.25, 0.3) is 0 Å². The maximum atomic E-state index is 12.6. The van der Waals surface area contributed by atoms with E-state index in [0.717, 1.165) is 31.5 Å². The van der Waals surface area contributed by atoms with E-state index in [1.54, 1.807) is 6.34 Å². The molecule has 1 saturated carbocycles. The van der Waals surface area contributed by atoms with Crippen LogP contribution in [0, 0.1) is 16.6 Å². The molecule has 4 aliphatic rings. The van der Waals surface area contributed by atoms with Crippen molar-refractivity contribution in [3.8, 4) is 0 Å². The Bertz CT molecular complexity index is 883. The zero-order chi connectivity index (χ0) is 18.9. The molecule has 0 bridgehead atoms. The van der Waals surface area contributed by atoms with Gasteiger partial charge in [-0.2, -0.15) is 0 Å². The lowest BCUT2D eigenvalue weighted by Crippen LogP contribution is -2.48. The molecule has 3 aliphatic heterocycles. The molecule has 3 atom stereocenters. The largest absolute Gasteiger partial charge is 0.350 e. The van der Waals surface area contributed by atoms with Gasteiger partial charge in [0.25, 0.3) is 0 Å². The van der Waals surface area contributed by atoms with Gasteiger partial charge < -0.3 is 5.32 Å². The van der Waals surface area contributed by atoms with Crippen LogP contribution >= 0.6 is 0 Å². The van der Waals surface area contributed by atoms with Crippen molar-refractivity contribution in [2.24, 2.45) is 26.9 Å². The van der Waals surface area contributed by atoms with E-state index in [2.05, 4.69) is 55.5 Å². The average Bonchev–Trinajstić information content (AvgIpc) is 3.32. The fraction of sp³-hybridized carbons (Fsp3) is 0.611. The van der Waals surface area contributed by atoms with Crippen molar-refractivity contribution in [1.29, 1.82) is 4.78 Å². The summed E-state index contributed by atoms with van der Waals surface area (Å²) >= 11 is 0. The van der Waals surface area contributed by atoms with Crippen molar-refractivity contribution < 1.29 is 4.21 Å². The van der Waals surface area contributed by atoms with Crippen LogP contribution in [0.5, 0.6) is 0 Å². The molecule has 1 aliphatic carbocycles. The van der Waals surface area contributed by atoms with Gasteiger partial charge >= 0.3 is 0 Å². The fourth-order valence-electron chi connectivity index (χ4n) is 4.30. The highest BCUT2D eigenvalue weighted by Crippen LogP contribution is 2.32. The van der Waals surface area contributed by atoms with Gasteiger partial charge in [-0.1, -0.05) is 6.08 Å². The highest BCUT2D eigenvalue weighted by molar-refractivity contribution is 7.92. The summed E-state index contributed by atoms with van der Waals surface area (Å²) in [7, 11) is -0.528. The molecule has 9 heteroatoms. The van der Waals surface area contributed by atoms with Gasteiger partial charge in [-0.3, -0.25) is 20.1 Å². The van der Waals surface area contributed by atoms with Gasteiger partial charge in [0.1, 0.15) is 18.3 Å². The molecule has 3 N–H and O–H groups in total. The lowest BCUT2D eigenvalue weighted by molar-refractivity contribution is 0.117. The quantitative estimate of drug-likeness (QED) is 0.597. The van der Waals surface area contributed by atoms with Crippen LogP contribution in [-0.2, 0) is 9.73 Å². The van der Waals surface area contributed by atoms with E-state index in [9.17, 15) is 4.21 Å². The lowest BCUT2D eigenvalue weighted by Gasteiger charge is -2.39. The predicted octanol–water partition coefficient (Wildman–Crippen LogP) is 1.25. The summed E-state index contributed by atoms with van der Waals surface area (Å²) in [5.74, 6) is 4.69. The molecule has 0 radical (unpaired) electrons. The number of fused-ring (bicyclic) bond motifs is 1. The number of amidine groups is 1. The summed E-state index contributed by atoms with van der Waals surface area (Å²) in [5, 5.41) is 6.88. The molecule has 0 amide bonds. The van der Waals surface area contributed by atoms with Crippen molar-refractivity contribution in [2.75, 3.05) is 18.6 Å². The van der Waals surface area contributed by atoms with Crippen molar-refractivity contribution in [2.45, 2.75) is 37.9 Å².